The molecule has 0 fully saturated rings. The van der Waals surface area contributed by atoms with Crippen LogP contribution < -0.4 is 14.5 Å². The van der Waals surface area contributed by atoms with Crippen LogP contribution in [0.3, 0.4) is 0 Å². The fraction of sp³-hybridized carbons (Fsp3) is 0.154. The molecule has 0 spiro atoms. The molecule has 0 N–H and O–H groups in total. The summed E-state index contributed by atoms with van der Waals surface area (Å²) in [6.07, 6.45) is 12.2. The summed E-state index contributed by atoms with van der Waals surface area (Å²) in [5.41, 5.74) is 4.50. The van der Waals surface area contributed by atoms with Crippen molar-refractivity contribution in [2.24, 2.45) is 7.05 Å². The van der Waals surface area contributed by atoms with Gasteiger partial charge >= 0.3 is 19.5 Å². The molecule has 1 atom stereocenters. The van der Waals surface area contributed by atoms with E-state index in [4.69, 9.17) is 13.8 Å². The van der Waals surface area contributed by atoms with Crippen molar-refractivity contribution in [3.8, 4) is 0 Å². The number of hydrogen-bond acceptors (Lipinski definition) is 5. The number of anilines is 2. The van der Waals surface area contributed by atoms with Crippen molar-refractivity contribution in [3.63, 3.8) is 0 Å². The molecule has 5 aromatic rings. The number of hydrogen-bond donors (Lipinski definition) is 0. The number of imidazole rings is 1. The van der Waals surface area contributed by atoms with Crippen LogP contribution in [0.4, 0.5) is 17.3 Å². The third kappa shape index (κ3) is 4.12. The molecule has 35 heavy (non-hydrogen) atoms. The minimum absolute atomic E-state index is 0. The zero-order valence-corrected chi connectivity index (χ0v) is 20.8. The molecule has 175 valence electrons. The Morgan fingerprint density at radius 3 is 2.83 bits per heavy atom. The first kappa shape index (κ1) is 22.9. The Hall–Kier alpha value is -3.84. The number of rotatable bonds is 6. The molecule has 8 nitrogen and oxygen atoms in total. The van der Waals surface area contributed by atoms with Crippen molar-refractivity contribution in [1.82, 2.24) is 15.0 Å². The zero-order chi connectivity index (χ0) is 23.1. The van der Waals surface area contributed by atoms with Gasteiger partial charge < -0.3 is 13.7 Å². The number of pyridine rings is 1. The fourth-order valence-corrected chi connectivity index (χ4v) is 4.38. The van der Waals surface area contributed by atoms with E-state index in [0.29, 0.717) is 17.8 Å². The number of para-hydroxylation sites is 1. The van der Waals surface area contributed by atoms with Gasteiger partial charge in [0.05, 0.1) is 31.5 Å². The van der Waals surface area contributed by atoms with Crippen LogP contribution in [0.2, 0.25) is 0 Å². The molecule has 1 radical (unpaired) electrons. The van der Waals surface area contributed by atoms with Crippen LogP contribution in [-0.4, -0.2) is 34.4 Å². The second-order valence-corrected chi connectivity index (χ2v) is 8.17. The van der Waals surface area contributed by atoms with Crippen molar-refractivity contribution in [1.29, 1.82) is 0 Å². The number of aryl methyl sites for hydroxylation is 1. The average Bonchev–Trinajstić information content (AvgIpc) is 3.63. The monoisotopic (exact) mass is 553 g/mol. The van der Waals surface area contributed by atoms with Gasteiger partial charge in [-0.2, -0.15) is 0 Å². The molecule has 4 aromatic heterocycles. The van der Waals surface area contributed by atoms with Crippen molar-refractivity contribution in [2.45, 2.75) is 5.92 Å². The van der Waals surface area contributed by atoms with Crippen LogP contribution >= 0.6 is 0 Å². The molecule has 0 saturated carbocycles. The molecule has 1 unspecified atom stereocenters. The van der Waals surface area contributed by atoms with Gasteiger partial charge in [-0.25, -0.2) is 20.6 Å². The summed E-state index contributed by atoms with van der Waals surface area (Å²) in [5, 5.41) is 0. The van der Waals surface area contributed by atoms with E-state index >= 15 is 0 Å². The number of fused-ring (bicyclic) bond motifs is 2. The van der Waals surface area contributed by atoms with Gasteiger partial charge in [0, 0.05) is 12.0 Å². The summed E-state index contributed by atoms with van der Waals surface area (Å²) in [5.74, 6) is 2.34. The first-order chi connectivity index (χ1) is 16.7. The second-order valence-electron chi connectivity index (χ2n) is 8.17. The molecule has 9 heteroatoms. The van der Waals surface area contributed by atoms with Gasteiger partial charge in [0.15, 0.2) is 6.39 Å². The molecule has 5 heterocycles. The molecule has 6 rings (SSSR count). The van der Waals surface area contributed by atoms with E-state index in [9.17, 15) is 0 Å². The fourth-order valence-electron chi connectivity index (χ4n) is 4.38. The van der Waals surface area contributed by atoms with Crippen LogP contribution in [-0.2, 0) is 26.5 Å². The van der Waals surface area contributed by atoms with Gasteiger partial charge in [0.2, 0.25) is 12.0 Å². The maximum atomic E-state index is 5.39. The molecule has 1 aromatic carbocycles. The smallest absolute Gasteiger partial charge is 0.452 e. The van der Waals surface area contributed by atoms with Crippen LogP contribution in [0, 0.1) is 6.08 Å². The minimum Gasteiger partial charge on any atom is -0.452 e. The third-order valence-corrected chi connectivity index (χ3v) is 5.96. The first-order valence-corrected chi connectivity index (χ1v) is 10.9. The van der Waals surface area contributed by atoms with Crippen molar-refractivity contribution >= 4 is 40.9 Å². The molecule has 0 saturated heterocycles. The third-order valence-electron chi connectivity index (χ3n) is 5.96. The Labute approximate surface area is 215 Å². The van der Waals surface area contributed by atoms with Crippen LogP contribution in [0.15, 0.2) is 76.3 Å². The van der Waals surface area contributed by atoms with E-state index in [2.05, 4.69) is 49.9 Å². The summed E-state index contributed by atoms with van der Waals surface area (Å²) in [4.78, 5) is 16.0. The molecule has 0 aliphatic carbocycles. The topological polar surface area (TPSA) is 76.3 Å². The molecule has 1 aliphatic heterocycles. The normalized spacial score (nSPS) is 14.8. The van der Waals surface area contributed by atoms with Gasteiger partial charge in [0.1, 0.15) is 11.7 Å². The standard InChI is InChI=1S/C26H22N6O2.Rh/c1-30-14-20(24-25(30)31(2)16-27-24)21-11-6-12-22(29-21)32(19-9-4-3-5-10-19)13-7-8-18-15-33-26-23(18)28-17-34-26;/h3-6,8-12,14-17,20H,13H2,1-2H3;/q;+2. The number of aromatic nitrogens is 4. The van der Waals surface area contributed by atoms with Crippen LogP contribution in [0.1, 0.15) is 22.9 Å². The Balaban J connectivity index is 0.00000253. The first-order valence-electron chi connectivity index (χ1n) is 10.9. The maximum absolute atomic E-state index is 5.39. The van der Waals surface area contributed by atoms with Crippen molar-refractivity contribution in [3.05, 3.63) is 90.5 Å². The minimum atomic E-state index is 0. The van der Waals surface area contributed by atoms with E-state index in [-0.39, 0.29) is 25.4 Å². The van der Waals surface area contributed by atoms with Crippen molar-refractivity contribution in [2.75, 3.05) is 18.5 Å². The van der Waals surface area contributed by atoms with E-state index in [0.717, 1.165) is 34.3 Å². The van der Waals surface area contributed by atoms with Gasteiger partial charge in [-0.3, -0.25) is 10.7 Å². The maximum Gasteiger partial charge on any atom is 2.00 e. The summed E-state index contributed by atoms with van der Waals surface area (Å²) < 4.78 is 14.7. The van der Waals surface area contributed by atoms with E-state index in [1.165, 1.54) is 6.39 Å². The molecular weight excluding hydrogens is 531 g/mol. The predicted molar refractivity (Wildman–Crippen MR) is 126 cm³/mol. The zero-order valence-electron chi connectivity index (χ0n) is 19.1. The number of oxazole rings is 1. The SMILES string of the molecule is C[N+]1=CC(c2cccc(N(C[C-]=Cc3coc4ocnc34)c3ccccc3)n2)c2[n-]c[n+](C)c21.[Rh+2]. The molecular formula is C26H22N6O2Rh+2. The Bertz CT molecular complexity index is 1530. The number of benzene rings is 1. The van der Waals surface area contributed by atoms with Gasteiger partial charge in [-0.1, -0.05) is 24.3 Å². The molecule has 0 amide bonds. The predicted octanol–water partition coefficient (Wildman–Crippen LogP) is 3.74. The largest absolute Gasteiger partial charge is 2.00 e. The van der Waals surface area contributed by atoms with Crippen molar-refractivity contribution < 1.29 is 37.5 Å². The number of nitrogens with zero attached hydrogens (tertiary/aromatic N) is 6. The van der Waals surface area contributed by atoms with E-state index in [1.54, 1.807) is 6.26 Å². The Kier molecular flexibility index (Phi) is 6.18. The molecule has 1 aliphatic rings. The quantitative estimate of drug-likeness (QED) is 0.181. The van der Waals surface area contributed by atoms with Gasteiger partial charge in [0.25, 0.3) is 11.6 Å². The van der Waals surface area contributed by atoms with Crippen LogP contribution in [0.5, 0.6) is 0 Å². The van der Waals surface area contributed by atoms with Gasteiger partial charge in [-0.15, -0.1) is 10.5 Å². The number of furan rings is 1. The summed E-state index contributed by atoms with van der Waals surface area (Å²) in [7, 11) is 4.05. The van der Waals surface area contributed by atoms with E-state index < -0.39 is 0 Å². The van der Waals surface area contributed by atoms with Gasteiger partial charge in [-0.05, 0) is 30.8 Å². The summed E-state index contributed by atoms with van der Waals surface area (Å²) in [6.45, 7) is 0.494. The second kappa shape index (κ2) is 9.43. The van der Waals surface area contributed by atoms with E-state index in [1.807, 2.05) is 61.4 Å². The average molecular weight is 553 g/mol. The van der Waals surface area contributed by atoms with Crippen LogP contribution in [0.25, 0.3) is 17.4 Å². The summed E-state index contributed by atoms with van der Waals surface area (Å²) >= 11 is 0. The Morgan fingerprint density at radius 2 is 1.97 bits per heavy atom. The molecule has 0 bridgehead atoms. The summed E-state index contributed by atoms with van der Waals surface area (Å²) in [6, 6.07) is 16.3. The Morgan fingerprint density at radius 1 is 1.11 bits per heavy atom.